The fourth-order valence-corrected chi connectivity index (χ4v) is 2.14. The fourth-order valence-electron chi connectivity index (χ4n) is 2.14. The first-order valence-electron chi connectivity index (χ1n) is 5.79. The molecule has 0 aromatic heterocycles. The molecule has 1 fully saturated rings. The van der Waals surface area contributed by atoms with Gasteiger partial charge in [-0.05, 0) is 19.8 Å². The summed E-state index contributed by atoms with van der Waals surface area (Å²) in [6.07, 6.45) is 6.82. The molecule has 0 saturated heterocycles. The molecule has 0 aromatic carbocycles. The summed E-state index contributed by atoms with van der Waals surface area (Å²) in [6.45, 7) is 2.66. The second kappa shape index (κ2) is 7.94. The van der Waals surface area contributed by atoms with E-state index >= 15 is 0 Å². The van der Waals surface area contributed by atoms with Gasteiger partial charge in [-0.3, -0.25) is 4.79 Å². The molecule has 0 spiro atoms. The van der Waals surface area contributed by atoms with E-state index in [2.05, 4.69) is 5.32 Å². The van der Waals surface area contributed by atoms with E-state index in [4.69, 9.17) is 5.73 Å². The SMILES string of the molecule is CCNC(=O)C1CCCCCCC1N.Cl. The molecule has 0 radical (unpaired) electrons. The molecule has 0 aliphatic heterocycles. The molecule has 2 atom stereocenters. The fraction of sp³-hybridized carbons (Fsp3) is 0.909. The highest BCUT2D eigenvalue weighted by atomic mass is 35.5. The number of carbonyl (C=O) groups excluding carboxylic acids is 1. The van der Waals surface area contributed by atoms with E-state index < -0.39 is 0 Å². The summed E-state index contributed by atoms with van der Waals surface area (Å²) in [5.41, 5.74) is 6.02. The molecule has 3 nitrogen and oxygen atoms in total. The van der Waals surface area contributed by atoms with Gasteiger partial charge in [-0.2, -0.15) is 0 Å². The maximum Gasteiger partial charge on any atom is 0.224 e. The Morgan fingerprint density at radius 1 is 1.27 bits per heavy atom. The summed E-state index contributed by atoms with van der Waals surface area (Å²) in [4.78, 5) is 11.7. The van der Waals surface area contributed by atoms with Crippen LogP contribution in [0.3, 0.4) is 0 Å². The van der Waals surface area contributed by atoms with Crippen LogP contribution in [0.2, 0.25) is 0 Å². The first-order chi connectivity index (χ1) is 6.75. The molecule has 3 N–H and O–H groups in total. The van der Waals surface area contributed by atoms with Gasteiger partial charge >= 0.3 is 0 Å². The van der Waals surface area contributed by atoms with Gasteiger partial charge in [0.15, 0.2) is 0 Å². The lowest BCUT2D eigenvalue weighted by molar-refractivity contribution is -0.125. The van der Waals surface area contributed by atoms with Crippen molar-refractivity contribution in [1.29, 1.82) is 0 Å². The predicted molar refractivity (Wildman–Crippen MR) is 65.1 cm³/mol. The van der Waals surface area contributed by atoms with Crippen molar-refractivity contribution in [1.82, 2.24) is 5.32 Å². The lowest BCUT2D eigenvalue weighted by Gasteiger charge is -2.25. The van der Waals surface area contributed by atoms with Crippen molar-refractivity contribution in [3.8, 4) is 0 Å². The van der Waals surface area contributed by atoms with Crippen LogP contribution in [-0.4, -0.2) is 18.5 Å². The zero-order valence-corrected chi connectivity index (χ0v) is 10.3. The zero-order valence-electron chi connectivity index (χ0n) is 9.50. The molecule has 1 saturated carbocycles. The van der Waals surface area contributed by atoms with Gasteiger partial charge < -0.3 is 11.1 Å². The minimum atomic E-state index is 0. The molecule has 1 aliphatic carbocycles. The number of amides is 1. The van der Waals surface area contributed by atoms with Crippen LogP contribution < -0.4 is 11.1 Å². The number of nitrogens with two attached hydrogens (primary N) is 1. The number of rotatable bonds is 2. The van der Waals surface area contributed by atoms with E-state index in [0.717, 1.165) is 19.3 Å². The molecular formula is C11H23ClN2O. The Kier molecular flexibility index (Phi) is 7.79. The van der Waals surface area contributed by atoms with Gasteiger partial charge in [0, 0.05) is 12.6 Å². The van der Waals surface area contributed by atoms with Gasteiger partial charge in [0.05, 0.1) is 5.92 Å². The number of hydrogen-bond donors (Lipinski definition) is 2. The highest BCUT2D eigenvalue weighted by molar-refractivity contribution is 5.85. The molecule has 2 unspecified atom stereocenters. The highest BCUT2D eigenvalue weighted by Gasteiger charge is 2.25. The maximum atomic E-state index is 11.7. The van der Waals surface area contributed by atoms with Gasteiger partial charge in [0.25, 0.3) is 0 Å². The summed E-state index contributed by atoms with van der Waals surface area (Å²) in [7, 11) is 0. The average molecular weight is 235 g/mol. The van der Waals surface area contributed by atoms with E-state index in [1.165, 1.54) is 19.3 Å². The van der Waals surface area contributed by atoms with Gasteiger partial charge in [0.1, 0.15) is 0 Å². The summed E-state index contributed by atoms with van der Waals surface area (Å²) < 4.78 is 0. The molecule has 0 heterocycles. The van der Waals surface area contributed by atoms with Crippen LogP contribution in [0.15, 0.2) is 0 Å². The van der Waals surface area contributed by atoms with Crippen LogP contribution in [0.4, 0.5) is 0 Å². The quantitative estimate of drug-likeness (QED) is 0.766. The molecule has 4 heteroatoms. The number of halogens is 1. The van der Waals surface area contributed by atoms with Crippen LogP contribution in [-0.2, 0) is 4.79 Å². The van der Waals surface area contributed by atoms with Crippen molar-refractivity contribution in [2.45, 2.75) is 51.5 Å². The molecule has 15 heavy (non-hydrogen) atoms. The van der Waals surface area contributed by atoms with E-state index in [-0.39, 0.29) is 30.3 Å². The highest BCUT2D eigenvalue weighted by Crippen LogP contribution is 2.21. The minimum Gasteiger partial charge on any atom is -0.356 e. The summed E-state index contributed by atoms with van der Waals surface area (Å²) in [5, 5.41) is 2.87. The number of nitrogens with one attached hydrogen (secondary N) is 1. The second-order valence-corrected chi connectivity index (χ2v) is 4.16. The summed E-state index contributed by atoms with van der Waals surface area (Å²) in [6, 6.07) is 0.0712. The molecule has 0 aromatic rings. The minimum absolute atomic E-state index is 0. The van der Waals surface area contributed by atoms with E-state index in [1.807, 2.05) is 6.92 Å². The molecule has 1 rings (SSSR count). The van der Waals surface area contributed by atoms with Crippen LogP contribution in [0, 0.1) is 5.92 Å². The van der Waals surface area contributed by atoms with E-state index in [9.17, 15) is 4.79 Å². The van der Waals surface area contributed by atoms with Gasteiger partial charge in [-0.25, -0.2) is 0 Å². The van der Waals surface area contributed by atoms with Crippen molar-refractivity contribution >= 4 is 18.3 Å². The molecule has 0 bridgehead atoms. The van der Waals surface area contributed by atoms with Crippen molar-refractivity contribution in [3.05, 3.63) is 0 Å². The molecule has 1 aliphatic rings. The molecule has 1 amide bonds. The Hall–Kier alpha value is -0.280. The largest absolute Gasteiger partial charge is 0.356 e. The number of carbonyl (C=O) groups is 1. The Morgan fingerprint density at radius 3 is 2.47 bits per heavy atom. The zero-order chi connectivity index (χ0) is 10.4. The van der Waals surface area contributed by atoms with Crippen molar-refractivity contribution in [2.24, 2.45) is 11.7 Å². The second-order valence-electron chi connectivity index (χ2n) is 4.16. The van der Waals surface area contributed by atoms with Crippen LogP contribution >= 0.6 is 12.4 Å². The van der Waals surface area contributed by atoms with Crippen molar-refractivity contribution in [2.75, 3.05) is 6.54 Å². The standard InChI is InChI=1S/C11H22N2O.ClH/c1-2-13-11(14)9-7-5-3-4-6-8-10(9)12;/h9-10H,2-8,12H2,1H3,(H,13,14);1H. The van der Waals surface area contributed by atoms with Crippen LogP contribution in [0.1, 0.15) is 45.4 Å². The Labute approximate surface area is 98.6 Å². The summed E-state index contributed by atoms with van der Waals surface area (Å²) in [5.74, 6) is 0.206. The number of hydrogen-bond acceptors (Lipinski definition) is 2. The molecular weight excluding hydrogens is 212 g/mol. The third-order valence-corrected chi connectivity index (χ3v) is 3.01. The third kappa shape index (κ3) is 4.85. The van der Waals surface area contributed by atoms with Crippen LogP contribution in [0.5, 0.6) is 0 Å². The lowest BCUT2D eigenvalue weighted by atomic mass is 9.87. The van der Waals surface area contributed by atoms with Gasteiger partial charge in [0.2, 0.25) is 5.91 Å². The van der Waals surface area contributed by atoms with Crippen molar-refractivity contribution < 1.29 is 4.79 Å². The first kappa shape index (κ1) is 14.7. The predicted octanol–water partition coefficient (Wildman–Crippen LogP) is 1.84. The smallest absolute Gasteiger partial charge is 0.224 e. The Balaban J connectivity index is 0.00000196. The van der Waals surface area contributed by atoms with Crippen molar-refractivity contribution in [3.63, 3.8) is 0 Å². The topological polar surface area (TPSA) is 55.1 Å². The van der Waals surface area contributed by atoms with E-state index in [1.54, 1.807) is 0 Å². The van der Waals surface area contributed by atoms with Crippen LogP contribution in [0.25, 0.3) is 0 Å². The monoisotopic (exact) mass is 234 g/mol. The Morgan fingerprint density at radius 2 is 1.87 bits per heavy atom. The summed E-state index contributed by atoms with van der Waals surface area (Å²) >= 11 is 0. The lowest BCUT2D eigenvalue weighted by Crippen LogP contribution is -2.42. The normalized spacial score (nSPS) is 27.1. The molecule has 90 valence electrons. The van der Waals surface area contributed by atoms with Gasteiger partial charge in [-0.15, -0.1) is 12.4 Å². The first-order valence-corrected chi connectivity index (χ1v) is 5.79. The third-order valence-electron chi connectivity index (χ3n) is 3.01. The van der Waals surface area contributed by atoms with Gasteiger partial charge in [-0.1, -0.05) is 25.7 Å². The van der Waals surface area contributed by atoms with E-state index in [0.29, 0.717) is 6.54 Å². The maximum absolute atomic E-state index is 11.7. The average Bonchev–Trinajstić information content (AvgIpc) is 2.12. The Bertz CT molecular complexity index is 187.